The summed E-state index contributed by atoms with van der Waals surface area (Å²) in [5, 5.41) is 4.54. The van der Waals surface area contributed by atoms with E-state index in [-0.39, 0.29) is 26.3 Å². The van der Waals surface area contributed by atoms with Crippen molar-refractivity contribution in [2.75, 3.05) is 38.8 Å². The number of benzene rings is 3. The number of nitrogens with zero attached hydrogens (tertiary/aromatic N) is 2. The summed E-state index contributed by atoms with van der Waals surface area (Å²) in [7, 11) is 3.08. The summed E-state index contributed by atoms with van der Waals surface area (Å²) in [5.74, 6) is -2.03. The molecular formula is C29H29BrF3N3O5. The highest BCUT2D eigenvalue weighted by Gasteiger charge is 2.61. The molecule has 2 amide bonds. The maximum Gasteiger partial charge on any atom is 0.471 e. The Kier molecular flexibility index (Phi) is 7.92. The Balaban J connectivity index is 1.69. The summed E-state index contributed by atoms with van der Waals surface area (Å²) in [4.78, 5) is 29.5. The molecule has 2 atom stereocenters. The highest BCUT2D eigenvalue weighted by molar-refractivity contribution is 9.10. The normalized spacial score (nSPS) is 18.8. The largest absolute Gasteiger partial charge is 0.496 e. The Bertz CT molecular complexity index is 1480. The van der Waals surface area contributed by atoms with Crippen LogP contribution in [0.25, 0.3) is 10.8 Å². The lowest BCUT2D eigenvalue weighted by Gasteiger charge is -2.48. The number of likely N-dealkylation sites (N-methyl/N-ethyl adjacent to an activating group) is 1. The highest BCUT2D eigenvalue weighted by atomic mass is 79.9. The monoisotopic (exact) mass is 635 g/mol. The van der Waals surface area contributed by atoms with Crippen LogP contribution >= 0.6 is 15.9 Å². The number of methoxy groups -OCH3 is 1. The molecule has 2 aliphatic heterocycles. The summed E-state index contributed by atoms with van der Waals surface area (Å²) < 4.78 is 60.3. The first-order chi connectivity index (χ1) is 19.5. The van der Waals surface area contributed by atoms with E-state index in [0.717, 1.165) is 15.2 Å². The van der Waals surface area contributed by atoms with Gasteiger partial charge in [-0.3, -0.25) is 9.59 Å². The molecule has 1 fully saturated rings. The van der Waals surface area contributed by atoms with Crippen LogP contribution in [0, 0.1) is 0 Å². The van der Waals surface area contributed by atoms with Crippen LogP contribution < -0.4 is 19.7 Å². The van der Waals surface area contributed by atoms with E-state index in [1.165, 1.54) is 12.0 Å². The molecule has 3 aromatic carbocycles. The zero-order valence-corrected chi connectivity index (χ0v) is 24.2. The van der Waals surface area contributed by atoms with Gasteiger partial charge in [-0.05, 0) is 55.1 Å². The van der Waals surface area contributed by atoms with Gasteiger partial charge in [-0.15, -0.1) is 0 Å². The van der Waals surface area contributed by atoms with E-state index in [1.54, 1.807) is 44.3 Å². The van der Waals surface area contributed by atoms with Crippen molar-refractivity contribution in [2.24, 2.45) is 0 Å². The number of carbonyl (C=O) groups is 2. The second-order valence-electron chi connectivity index (χ2n) is 10.2. The first-order valence-electron chi connectivity index (χ1n) is 13.0. The first-order valence-corrected chi connectivity index (χ1v) is 13.8. The number of carbonyl (C=O) groups excluding carboxylic acids is 2. The van der Waals surface area contributed by atoms with Gasteiger partial charge < -0.3 is 29.3 Å². The van der Waals surface area contributed by atoms with Gasteiger partial charge in [-0.25, -0.2) is 0 Å². The predicted octanol–water partition coefficient (Wildman–Crippen LogP) is 4.67. The van der Waals surface area contributed by atoms with Crippen molar-refractivity contribution in [3.05, 3.63) is 64.6 Å². The minimum absolute atomic E-state index is 0.0512. The quantitative estimate of drug-likeness (QED) is 0.406. The van der Waals surface area contributed by atoms with E-state index >= 15 is 0 Å². The summed E-state index contributed by atoms with van der Waals surface area (Å²) in [6.45, 7) is 0.879. The molecule has 1 spiro atoms. The molecule has 0 radical (unpaired) electrons. The van der Waals surface area contributed by atoms with Crippen LogP contribution in [0.2, 0.25) is 0 Å². The number of anilines is 1. The fourth-order valence-electron chi connectivity index (χ4n) is 5.35. The maximum atomic E-state index is 14.6. The summed E-state index contributed by atoms with van der Waals surface area (Å²) in [5.41, 5.74) is -0.495. The molecule has 5 rings (SSSR count). The van der Waals surface area contributed by atoms with Crippen LogP contribution in [0.4, 0.5) is 18.9 Å². The van der Waals surface area contributed by atoms with Crippen molar-refractivity contribution in [1.82, 2.24) is 10.2 Å². The lowest BCUT2D eigenvalue weighted by Crippen LogP contribution is -2.73. The van der Waals surface area contributed by atoms with Gasteiger partial charge in [0.05, 0.1) is 32.6 Å². The van der Waals surface area contributed by atoms with E-state index in [1.807, 2.05) is 24.3 Å². The van der Waals surface area contributed by atoms with Crippen molar-refractivity contribution in [2.45, 2.75) is 37.3 Å². The van der Waals surface area contributed by atoms with Crippen LogP contribution in [0.3, 0.4) is 0 Å². The number of para-hydroxylation sites is 2. The highest BCUT2D eigenvalue weighted by Crippen LogP contribution is 2.44. The van der Waals surface area contributed by atoms with Crippen LogP contribution in [-0.2, 0) is 20.9 Å². The lowest BCUT2D eigenvalue weighted by atomic mass is 9.88. The maximum absolute atomic E-state index is 14.6. The zero-order chi connectivity index (χ0) is 29.5. The molecule has 8 nitrogen and oxygen atoms in total. The van der Waals surface area contributed by atoms with E-state index < -0.39 is 35.7 Å². The molecule has 2 aliphatic rings. The van der Waals surface area contributed by atoms with Crippen molar-refractivity contribution in [3.63, 3.8) is 0 Å². The molecule has 1 N–H and O–H groups in total. The Morgan fingerprint density at radius 3 is 2.59 bits per heavy atom. The van der Waals surface area contributed by atoms with Gasteiger partial charge in [-0.1, -0.05) is 40.2 Å². The molecular weight excluding hydrogens is 607 g/mol. The first kappa shape index (κ1) is 29.2. The molecule has 0 bridgehead atoms. The standard InChI is InChI=1S/C29H29BrF3N3O5/c1-17(34-2)13-36(27(38)29(31,32)33)25-26(37)35(22-6-4-5-7-24(22)41-28(25)15-40-16-28)14-21-20-10-9-19(30)12-18(20)8-11-23(21)39-3/h4-12,17,25,34H,13-16H2,1-3H3/t17-,25?/m0/s1. The third-order valence-corrected chi connectivity index (χ3v) is 8.02. The zero-order valence-electron chi connectivity index (χ0n) is 22.6. The van der Waals surface area contributed by atoms with Crippen LogP contribution in [-0.4, -0.2) is 74.5 Å². The van der Waals surface area contributed by atoms with Crippen molar-refractivity contribution in [1.29, 1.82) is 0 Å². The molecule has 0 aromatic heterocycles. The topological polar surface area (TPSA) is 80.3 Å². The molecule has 1 saturated heterocycles. The van der Waals surface area contributed by atoms with E-state index in [0.29, 0.717) is 27.6 Å². The van der Waals surface area contributed by atoms with E-state index in [2.05, 4.69) is 21.2 Å². The Morgan fingerprint density at radius 2 is 1.95 bits per heavy atom. The van der Waals surface area contributed by atoms with Crippen molar-refractivity contribution < 1.29 is 37.0 Å². The smallest absolute Gasteiger partial charge is 0.471 e. The number of fused-ring (bicyclic) bond motifs is 2. The average molecular weight is 636 g/mol. The fraction of sp³-hybridized carbons (Fsp3) is 0.379. The number of hydrogen-bond acceptors (Lipinski definition) is 6. The summed E-state index contributed by atoms with van der Waals surface area (Å²) in [6, 6.07) is 13.9. The Hall–Kier alpha value is -3.35. The number of halogens is 4. The SMILES string of the molecule is CN[C@@H](C)CN(C(=O)C(F)(F)F)C1C(=O)N(Cc2c(OC)ccc3cc(Br)ccc23)c2ccccc2OC12COC2. The van der Waals surface area contributed by atoms with Gasteiger partial charge in [0, 0.05) is 22.6 Å². The van der Waals surface area contributed by atoms with E-state index in [9.17, 15) is 22.8 Å². The summed E-state index contributed by atoms with van der Waals surface area (Å²) in [6.07, 6.45) is -5.21. The third kappa shape index (κ3) is 5.35. The molecule has 1 unspecified atom stereocenters. The number of nitrogens with one attached hydrogen (secondary N) is 1. The molecule has 2 heterocycles. The average Bonchev–Trinajstić information content (AvgIpc) is 3.03. The second kappa shape index (κ2) is 11.1. The predicted molar refractivity (Wildman–Crippen MR) is 150 cm³/mol. The minimum atomic E-state index is -5.21. The Labute approximate surface area is 243 Å². The molecule has 0 aliphatic carbocycles. The number of rotatable bonds is 7. The van der Waals surface area contributed by atoms with Gasteiger partial charge in [-0.2, -0.15) is 13.2 Å². The molecule has 12 heteroatoms. The minimum Gasteiger partial charge on any atom is -0.496 e. The van der Waals surface area contributed by atoms with Gasteiger partial charge in [0.1, 0.15) is 11.5 Å². The molecule has 3 aromatic rings. The summed E-state index contributed by atoms with van der Waals surface area (Å²) >= 11 is 3.48. The molecule has 0 saturated carbocycles. The van der Waals surface area contributed by atoms with Crippen molar-refractivity contribution in [3.8, 4) is 11.5 Å². The molecule has 218 valence electrons. The number of alkyl halides is 3. The van der Waals surface area contributed by atoms with Crippen LogP contribution in [0.1, 0.15) is 12.5 Å². The van der Waals surface area contributed by atoms with Crippen molar-refractivity contribution >= 4 is 44.2 Å². The number of ether oxygens (including phenoxy) is 3. The second-order valence-corrected chi connectivity index (χ2v) is 11.1. The number of amides is 2. The van der Waals surface area contributed by atoms with Gasteiger partial charge >= 0.3 is 12.1 Å². The third-order valence-electron chi connectivity index (χ3n) is 7.53. The lowest BCUT2D eigenvalue weighted by molar-refractivity contribution is -0.215. The molecule has 41 heavy (non-hydrogen) atoms. The van der Waals surface area contributed by atoms with Crippen LogP contribution in [0.5, 0.6) is 11.5 Å². The fourth-order valence-corrected chi connectivity index (χ4v) is 5.72. The van der Waals surface area contributed by atoms with Gasteiger partial charge in [0.2, 0.25) is 0 Å². The van der Waals surface area contributed by atoms with E-state index in [4.69, 9.17) is 14.2 Å². The Morgan fingerprint density at radius 1 is 1.22 bits per heavy atom. The van der Waals surface area contributed by atoms with Gasteiger partial charge in [0.15, 0.2) is 11.6 Å². The van der Waals surface area contributed by atoms with Crippen LogP contribution in [0.15, 0.2) is 59.1 Å². The van der Waals surface area contributed by atoms with Gasteiger partial charge in [0.25, 0.3) is 5.91 Å². The number of hydrogen-bond donors (Lipinski definition) is 1.